The van der Waals surface area contributed by atoms with Gasteiger partial charge in [0.2, 0.25) is 10.0 Å². The first-order chi connectivity index (χ1) is 9.83. The molecule has 1 N–H and O–H groups in total. The molecule has 8 heteroatoms. The molecule has 116 valence electrons. The fraction of sp³-hybridized carbons (Fsp3) is 0.462. The van der Waals surface area contributed by atoms with Crippen molar-refractivity contribution in [2.75, 3.05) is 20.6 Å². The number of sulfonamides is 1. The number of hydrogen-bond donors (Lipinski definition) is 1. The number of rotatable bonds is 6. The van der Waals surface area contributed by atoms with Crippen molar-refractivity contribution in [3.63, 3.8) is 0 Å². The van der Waals surface area contributed by atoms with Crippen molar-refractivity contribution in [2.45, 2.75) is 24.8 Å². The van der Waals surface area contributed by atoms with Crippen molar-refractivity contribution in [2.24, 2.45) is 0 Å². The van der Waals surface area contributed by atoms with E-state index in [0.29, 0.717) is 11.5 Å². The molecule has 0 aliphatic heterocycles. The van der Waals surface area contributed by atoms with Crippen molar-refractivity contribution in [3.05, 3.63) is 33.8 Å². The van der Waals surface area contributed by atoms with Crippen molar-refractivity contribution in [1.82, 2.24) is 14.8 Å². The van der Waals surface area contributed by atoms with E-state index >= 15 is 0 Å². The molecular formula is C13H19N3O3S2. The molecule has 2 aromatic rings. The van der Waals surface area contributed by atoms with E-state index in [1.807, 2.05) is 35.8 Å². The zero-order valence-corrected chi connectivity index (χ0v) is 14.1. The summed E-state index contributed by atoms with van der Waals surface area (Å²) in [5.74, 6) is 0.303. The van der Waals surface area contributed by atoms with Gasteiger partial charge >= 0.3 is 0 Å². The maximum Gasteiger partial charge on any atom is 0.246 e. The van der Waals surface area contributed by atoms with Crippen LogP contribution in [0.5, 0.6) is 0 Å². The number of nitrogens with zero attached hydrogens (tertiary/aromatic N) is 2. The smallest absolute Gasteiger partial charge is 0.246 e. The topological polar surface area (TPSA) is 75.4 Å². The van der Waals surface area contributed by atoms with Crippen LogP contribution in [-0.2, 0) is 10.0 Å². The lowest BCUT2D eigenvalue weighted by atomic mass is 10.1. The maximum absolute atomic E-state index is 12.4. The summed E-state index contributed by atoms with van der Waals surface area (Å²) < 4.78 is 32.4. The van der Waals surface area contributed by atoms with Gasteiger partial charge in [-0.2, -0.15) is 11.3 Å². The second-order valence-electron chi connectivity index (χ2n) is 5.04. The Balaban J connectivity index is 2.18. The molecule has 1 unspecified atom stereocenters. The van der Waals surface area contributed by atoms with Crippen LogP contribution in [0.4, 0.5) is 0 Å². The van der Waals surface area contributed by atoms with Crippen LogP contribution >= 0.6 is 11.3 Å². The fourth-order valence-corrected chi connectivity index (χ4v) is 4.25. The fourth-order valence-electron chi connectivity index (χ4n) is 2.18. The molecule has 1 atom stereocenters. The van der Waals surface area contributed by atoms with Crippen LogP contribution in [0.3, 0.4) is 0 Å². The Hall–Kier alpha value is -1.22. The van der Waals surface area contributed by atoms with Crippen LogP contribution in [0, 0.1) is 13.8 Å². The normalized spacial score (nSPS) is 13.8. The van der Waals surface area contributed by atoms with Crippen molar-refractivity contribution in [3.8, 4) is 0 Å². The molecule has 0 saturated heterocycles. The molecule has 0 spiro atoms. The number of likely N-dealkylation sites (N-methyl/N-ethyl adjacent to an activating group) is 1. The molecule has 0 bridgehead atoms. The first-order valence-corrected chi connectivity index (χ1v) is 8.86. The summed E-state index contributed by atoms with van der Waals surface area (Å²) in [5.41, 5.74) is 1.46. The minimum absolute atomic E-state index is 0.0218. The molecule has 0 radical (unpaired) electrons. The van der Waals surface area contributed by atoms with Crippen molar-refractivity contribution >= 4 is 21.4 Å². The van der Waals surface area contributed by atoms with Crippen molar-refractivity contribution in [1.29, 1.82) is 0 Å². The van der Waals surface area contributed by atoms with E-state index in [1.54, 1.807) is 25.2 Å². The number of thiophene rings is 1. The summed E-state index contributed by atoms with van der Waals surface area (Å²) >= 11 is 1.59. The third-order valence-corrected chi connectivity index (χ3v) is 5.62. The molecule has 0 aliphatic rings. The molecule has 0 aliphatic carbocycles. The van der Waals surface area contributed by atoms with Crippen LogP contribution in [0.2, 0.25) is 0 Å². The van der Waals surface area contributed by atoms with E-state index < -0.39 is 10.0 Å². The monoisotopic (exact) mass is 329 g/mol. The average Bonchev–Trinajstić information content (AvgIpc) is 2.99. The number of hydrogen-bond acceptors (Lipinski definition) is 6. The molecular weight excluding hydrogens is 310 g/mol. The van der Waals surface area contributed by atoms with Gasteiger partial charge in [0.05, 0.1) is 0 Å². The lowest BCUT2D eigenvalue weighted by Gasteiger charge is -2.23. The van der Waals surface area contributed by atoms with E-state index in [9.17, 15) is 8.42 Å². The second-order valence-corrected chi connectivity index (χ2v) is 7.53. The predicted octanol–water partition coefficient (Wildman–Crippen LogP) is 1.93. The Morgan fingerprint density at radius 2 is 2.14 bits per heavy atom. The van der Waals surface area contributed by atoms with Gasteiger partial charge in [0.25, 0.3) is 0 Å². The van der Waals surface area contributed by atoms with E-state index in [4.69, 9.17) is 4.52 Å². The van der Waals surface area contributed by atoms with Gasteiger partial charge in [-0.1, -0.05) is 5.16 Å². The summed E-state index contributed by atoms with van der Waals surface area (Å²) in [6, 6.07) is 1.98. The van der Waals surface area contributed by atoms with Gasteiger partial charge in [-0.25, -0.2) is 13.1 Å². The minimum atomic E-state index is -3.63. The molecule has 0 fully saturated rings. The van der Waals surface area contributed by atoms with Gasteiger partial charge in [-0.3, -0.25) is 0 Å². The molecule has 2 rings (SSSR count). The Morgan fingerprint density at radius 3 is 2.62 bits per heavy atom. The third-order valence-electron chi connectivity index (χ3n) is 3.25. The highest BCUT2D eigenvalue weighted by Gasteiger charge is 2.26. The average molecular weight is 329 g/mol. The summed E-state index contributed by atoms with van der Waals surface area (Å²) in [6.07, 6.45) is 0. The highest BCUT2D eigenvalue weighted by atomic mass is 32.2. The number of aryl methyl sites for hydroxylation is 2. The summed E-state index contributed by atoms with van der Waals surface area (Å²) in [6.45, 7) is 3.50. The Kier molecular flexibility index (Phi) is 4.82. The SMILES string of the molecule is Cc1noc(C)c1S(=O)(=O)NCC(c1ccsc1)N(C)C. The largest absolute Gasteiger partial charge is 0.360 e. The number of aromatic nitrogens is 1. The Bertz CT molecular complexity index is 671. The molecule has 0 amide bonds. The van der Waals surface area contributed by atoms with E-state index in [1.165, 1.54) is 0 Å². The van der Waals surface area contributed by atoms with E-state index in [-0.39, 0.29) is 17.5 Å². The van der Waals surface area contributed by atoms with Gasteiger partial charge in [-0.15, -0.1) is 0 Å². The molecule has 6 nitrogen and oxygen atoms in total. The zero-order valence-electron chi connectivity index (χ0n) is 12.5. The Labute approximate surface area is 128 Å². The second kappa shape index (κ2) is 6.27. The van der Waals surface area contributed by atoms with Crippen LogP contribution < -0.4 is 4.72 Å². The molecule has 2 aromatic heterocycles. The van der Waals surface area contributed by atoms with Crippen molar-refractivity contribution < 1.29 is 12.9 Å². The summed E-state index contributed by atoms with van der Waals surface area (Å²) in [7, 11) is 0.219. The van der Waals surface area contributed by atoms with Gasteiger partial charge in [0.15, 0.2) is 5.76 Å². The highest BCUT2D eigenvalue weighted by Crippen LogP contribution is 2.22. The molecule has 2 heterocycles. The standard InChI is InChI=1S/C13H19N3O3S2/c1-9-13(10(2)19-15-9)21(17,18)14-7-12(16(3)4)11-5-6-20-8-11/h5-6,8,12,14H,7H2,1-4H3. The van der Waals surface area contributed by atoms with Crippen LogP contribution in [0.15, 0.2) is 26.2 Å². The van der Waals surface area contributed by atoms with Gasteiger partial charge in [0, 0.05) is 12.6 Å². The number of nitrogens with one attached hydrogen (secondary N) is 1. The van der Waals surface area contributed by atoms with Crippen LogP contribution in [-0.4, -0.2) is 39.1 Å². The van der Waals surface area contributed by atoms with E-state index in [0.717, 1.165) is 5.56 Å². The lowest BCUT2D eigenvalue weighted by Crippen LogP contribution is -2.34. The lowest BCUT2D eigenvalue weighted by molar-refractivity contribution is 0.300. The molecule has 0 saturated carbocycles. The molecule has 21 heavy (non-hydrogen) atoms. The quantitative estimate of drug-likeness (QED) is 0.876. The minimum Gasteiger partial charge on any atom is -0.360 e. The summed E-state index contributed by atoms with van der Waals surface area (Å²) in [5, 5.41) is 7.70. The van der Waals surface area contributed by atoms with Crippen LogP contribution in [0.1, 0.15) is 23.1 Å². The van der Waals surface area contributed by atoms with Crippen LogP contribution in [0.25, 0.3) is 0 Å². The predicted molar refractivity (Wildman–Crippen MR) is 81.9 cm³/mol. The van der Waals surface area contributed by atoms with E-state index in [2.05, 4.69) is 9.88 Å². The summed E-state index contributed by atoms with van der Waals surface area (Å²) in [4.78, 5) is 2.11. The molecule has 0 aromatic carbocycles. The maximum atomic E-state index is 12.4. The third kappa shape index (κ3) is 3.52. The van der Waals surface area contributed by atoms with Gasteiger partial charge in [0.1, 0.15) is 10.6 Å². The van der Waals surface area contributed by atoms with Gasteiger partial charge in [-0.05, 0) is 50.3 Å². The first-order valence-electron chi connectivity index (χ1n) is 6.44. The van der Waals surface area contributed by atoms with Gasteiger partial charge < -0.3 is 9.42 Å². The first kappa shape index (κ1) is 16.2. The zero-order chi connectivity index (χ0) is 15.6. The Morgan fingerprint density at radius 1 is 1.43 bits per heavy atom. The highest BCUT2D eigenvalue weighted by molar-refractivity contribution is 7.89.